The van der Waals surface area contributed by atoms with Crippen molar-refractivity contribution in [2.45, 2.75) is 12.5 Å². The Bertz CT molecular complexity index is 537. The number of aromatic nitrogens is 1. The second-order valence-corrected chi connectivity index (χ2v) is 4.40. The van der Waals surface area contributed by atoms with Crippen LogP contribution in [0.4, 0.5) is 8.78 Å². The molecule has 98 valence electrons. The fourth-order valence-electron chi connectivity index (χ4n) is 2.00. The van der Waals surface area contributed by atoms with Crippen LogP contribution < -0.4 is 5.32 Å². The minimum absolute atomic E-state index is 0.358. The van der Waals surface area contributed by atoms with Gasteiger partial charge in [0.25, 0.3) is 5.92 Å². The molecule has 0 aliphatic heterocycles. The van der Waals surface area contributed by atoms with Gasteiger partial charge in [-0.3, -0.25) is 0 Å². The van der Waals surface area contributed by atoms with Crippen LogP contribution in [-0.4, -0.2) is 28.7 Å². The number of halogens is 2. The lowest BCUT2D eigenvalue weighted by Crippen LogP contribution is -2.35. The van der Waals surface area contributed by atoms with E-state index in [-0.39, 0.29) is 0 Å². The molecular weight excluding hydrogens is 238 g/mol. The van der Waals surface area contributed by atoms with Gasteiger partial charge in [0.15, 0.2) is 0 Å². The number of hydrogen-bond donors (Lipinski definition) is 2. The molecule has 5 heteroatoms. The number of para-hydroxylation sites is 1. The highest BCUT2D eigenvalue weighted by molar-refractivity contribution is 5.83. The zero-order chi connectivity index (χ0) is 13.2. The fourth-order valence-corrected chi connectivity index (χ4v) is 2.00. The smallest absolute Gasteiger partial charge is 0.282 e. The first-order valence-electron chi connectivity index (χ1n) is 5.76. The zero-order valence-electron chi connectivity index (χ0n) is 10.2. The number of aryl methyl sites for hydroxylation is 1. The van der Waals surface area contributed by atoms with E-state index in [2.05, 4.69) is 5.32 Å². The number of rotatable bonds is 5. The molecule has 0 saturated heterocycles. The Morgan fingerprint density at radius 1 is 1.33 bits per heavy atom. The summed E-state index contributed by atoms with van der Waals surface area (Å²) in [5.41, 5.74) is 2.05. The van der Waals surface area contributed by atoms with E-state index < -0.39 is 19.1 Å². The molecule has 0 saturated carbocycles. The van der Waals surface area contributed by atoms with Crippen LogP contribution in [0.3, 0.4) is 0 Å². The lowest BCUT2D eigenvalue weighted by atomic mass is 10.2. The summed E-state index contributed by atoms with van der Waals surface area (Å²) in [6, 6.07) is 7.82. The van der Waals surface area contributed by atoms with Gasteiger partial charge in [-0.25, -0.2) is 8.78 Å². The Kier molecular flexibility index (Phi) is 3.63. The standard InChI is InChI=1S/C13H16F2N2O/c1-17-7-10(6-16-8-13(14,15)9-18)11-4-2-3-5-12(11)17/h2-5,7,16,18H,6,8-9H2,1H3. The van der Waals surface area contributed by atoms with Crippen LogP contribution in [0.5, 0.6) is 0 Å². The van der Waals surface area contributed by atoms with Crippen molar-refractivity contribution in [3.63, 3.8) is 0 Å². The molecule has 0 spiro atoms. The number of benzene rings is 1. The molecule has 0 aliphatic rings. The van der Waals surface area contributed by atoms with Crippen LogP contribution in [0.15, 0.2) is 30.5 Å². The second-order valence-electron chi connectivity index (χ2n) is 4.40. The molecule has 1 aromatic carbocycles. The molecule has 1 aromatic heterocycles. The van der Waals surface area contributed by atoms with E-state index in [0.717, 1.165) is 16.5 Å². The van der Waals surface area contributed by atoms with Gasteiger partial charge in [-0.15, -0.1) is 0 Å². The molecule has 0 radical (unpaired) electrons. The Hall–Kier alpha value is -1.46. The minimum Gasteiger partial charge on any atom is -0.390 e. The topological polar surface area (TPSA) is 37.2 Å². The highest BCUT2D eigenvalue weighted by Crippen LogP contribution is 2.20. The number of nitrogens with one attached hydrogen (secondary N) is 1. The first kappa shape index (κ1) is 13.0. The van der Waals surface area contributed by atoms with Crippen molar-refractivity contribution in [3.05, 3.63) is 36.0 Å². The first-order chi connectivity index (χ1) is 8.53. The molecule has 18 heavy (non-hydrogen) atoms. The van der Waals surface area contributed by atoms with Gasteiger partial charge in [0.2, 0.25) is 0 Å². The number of aliphatic hydroxyl groups is 1. The number of fused-ring (bicyclic) bond motifs is 1. The Labute approximate surface area is 104 Å². The Morgan fingerprint density at radius 3 is 2.78 bits per heavy atom. The maximum Gasteiger partial charge on any atom is 0.282 e. The first-order valence-corrected chi connectivity index (χ1v) is 5.76. The van der Waals surface area contributed by atoms with Crippen molar-refractivity contribution in [1.82, 2.24) is 9.88 Å². The van der Waals surface area contributed by atoms with Gasteiger partial charge in [-0.1, -0.05) is 18.2 Å². The molecule has 1 heterocycles. The van der Waals surface area contributed by atoms with Crippen molar-refractivity contribution in [2.24, 2.45) is 7.05 Å². The number of hydrogen-bond acceptors (Lipinski definition) is 2. The molecule has 0 unspecified atom stereocenters. The summed E-state index contributed by atoms with van der Waals surface area (Å²) in [5, 5.41) is 12.2. The van der Waals surface area contributed by atoms with Gasteiger partial charge in [0.1, 0.15) is 6.61 Å². The summed E-state index contributed by atoms with van der Waals surface area (Å²) in [4.78, 5) is 0. The molecule has 0 atom stereocenters. The zero-order valence-corrected chi connectivity index (χ0v) is 10.2. The number of aliphatic hydroxyl groups excluding tert-OH is 1. The predicted octanol–water partition coefficient (Wildman–Crippen LogP) is 1.90. The maximum atomic E-state index is 12.9. The van der Waals surface area contributed by atoms with E-state index in [0.29, 0.717) is 6.54 Å². The van der Waals surface area contributed by atoms with Crippen molar-refractivity contribution in [2.75, 3.05) is 13.2 Å². The second kappa shape index (κ2) is 5.04. The van der Waals surface area contributed by atoms with Crippen LogP contribution in [0.1, 0.15) is 5.56 Å². The summed E-state index contributed by atoms with van der Waals surface area (Å²) < 4.78 is 27.7. The fraction of sp³-hybridized carbons (Fsp3) is 0.385. The lowest BCUT2D eigenvalue weighted by molar-refractivity contribution is -0.0477. The molecule has 2 rings (SSSR count). The van der Waals surface area contributed by atoms with Gasteiger partial charge >= 0.3 is 0 Å². The average molecular weight is 254 g/mol. The third-order valence-electron chi connectivity index (χ3n) is 2.91. The highest BCUT2D eigenvalue weighted by Gasteiger charge is 2.26. The van der Waals surface area contributed by atoms with E-state index in [1.807, 2.05) is 42.1 Å². The van der Waals surface area contributed by atoms with E-state index >= 15 is 0 Å². The van der Waals surface area contributed by atoms with E-state index in [9.17, 15) is 8.78 Å². The maximum absolute atomic E-state index is 12.9. The molecule has 0 bridgehead atoms. The summed E-state index contributed by atoms with van der Waals surface area (Å²) in [6.07, 6.45) is 1.93. The van der Waals surface area contributed by atoms with E-state index in [1.54, 1.807) is 0 Å². The highest BCUT2D eigenvalue weighted by atomic mass is 19.3. The lowest BCUT2D eigenvalue weighted by Gasteiger charge is -2.13. The van der Waals surface area contributed by atoms with Crippen LogP contribution in [0, 0.1) is 0 Å². The summed E-state index contributed by atoms with van der Waals surface area (Å²) in [7, 11) is 1.92. The van der Waals surface area contributed by atoms with Crippen molar-refractivity contribution in [1.29, 1.82) is 0 Å². The van der Waals surface area contributed by atoms with Crippen LogP contribution in [-0.2, 0) is 13.6 Å². The largest absolute Gasteiger partial charge is 0.390 e. The normalized spacial score (nSPS) is 12.2. The molecule has 0 amide bonds. The number of alkyl halides is 2. The minimum atomic E-state index is -3.06. The number of nitrogens with zero attached hydrogens (tertiary/aromatic N) is 1. The van der Waals surface area contributed by atoms with E-state index in [1.165, 1.54) is 0 Å². The van der Waals surface area contributed by atoms with Crippen LogP contribution >= 0.6 is 0 Å². The molecule has 3 nitrogen and oxygen atoms in total. The Morgan fingerprint density at radius 2 is 2.06 bits per heavy atom. The van der Waals surface area contributed by atoms with Crippen LogP contribution in [0.2, 0.25) is 0 Å². The average Bonchev–Trinajstić information content (AvgIpc) is 2.67. The summed E-state index contributed by atoms with van der Waals surface area (Å²) in [6.45, 7) is -1.29. The third kappa shape index (κ3) is 2.68. The molecule has 0 aliphatic carbocycles. The predicted molar refractivity (Wildman–Crippen MR) is 66.7 cm³/mol. The summed E-state index contributed by atoms with van der Waals surface area (Å²) in [5.74, 6) is -3.06. The van der Waals surface area contributed by atoms with Gasteiger partial charge < -0.3 is 15.0 Å². The van der Waals surface area contributed by atoms with Gasteiger partial charge in [-0.05, 0) is 11.6 Å². The van der Waals surface area contributed by atoms with E-state index in [4.69, 9.17) is 5.11 Å². The van der Waals surface area contributed by atoms with Gasteiger partial charge in [0, 0.05) is 30.7 Å². The molecular formula is C13H16F2N2O. The Balaban J connectivity index is 2.09. The quantitative estimate of drug-likeness (QED) is 0.855. The van der Waals surface area contributed by atoms with Gasteiger partial charge in [0.05, 0.1) is 6.54 Å². The van der Waals surface area contributed by atoms with Crippen LogP contribution in [0.25, 0.3) is 10.9 Å². The summed E-state index contributed by atoms with van der Waals surface area (Å²) >= 11 is 0. The molecule has 2 N–H and O–H groups in total. The molecule has 0 fully saturated rings. The van der Waals surface area contributed by atoms with Crippen molar-refractivity contribution >= 4 is 10.9 Å². The van der Waals surface area contributed by atoms with Crippen molar-refractivity contribution in [3.8, 4) is 0 Å². The van der Waals surface area contributed by atoms with Crippen molar-refractivity contribution < 1.29 is 13.9 Å². The third-order valence-corrected chi connectivity index (χ3v) is 2.91. The molecule has 2 aromatic rings. The monoisotopic (exact) mass is 254 g/mol. The van der Waals surface area contributed by atoms with Gasteiger partial charge in [-0.2, -0.15) is 0 Å². The SMILES string of the molecule is Cn1cc(CNCC(F)(F)CO)c2ccccc21.